The van der Waals surface area contributed by atoms with Crippen LogP contribution in [0.25, 0.3) is 0 Å². The SMILES string of the molecule is CCCCC/C=C\CCCCCCCC(=O)OC(COC(=O)CCCCCCCCCCCCCCCCCCCC)COP(=O)([O-])OCC[N+](C)(C)C. The van der Waals surface area contributed by atoms with Crippen LogP contribution in [-0.2, 0) is 32.7 Å². The third kappa shape index (κ3) is 40.4. The first kappa shape index (κ1) is 52.8. The number of esters is 2. The maximum atomic E-state index is 12.6. The summed E-state index contributed by atoms with van der Waals surface area (Å²) in [5.41, 5.74) is 0. The maximum absolute atomic E-state index is 12.6. The fraction of sp³-hybridized carbons (Fsp3) is 0.909. The van der Waals surface area contributed by atoms with Gasteiger partial charge in [0, 0.05) is 12.8 Å². The van der Waals surface area contributed by atoms with E-state index in [-0.39, 0.29) is 32.0 Å². The number of phosphoric acid groups is 1. The van der Waals surface area contributed by atoms with E-state index in [9.17, 15) is 19.0 Å². The minimum atomic E-state index is -4.62. The van der Waals surface area contributed by atoms with Crippen LogP contribution < -0.4 is 4.89 Å². The van der Waals surface area contributed by atoms with Crippen LogP contribution in [-0.4, -0.2) is 70.0 Å². The van der Waals surface area contributed by atoms with Gasteiger partial charge in [-0.1, -0.05) is 167 Å². The Balaban J connectivity index is 4.28. The van der Waals surface area contributed by atoms with E-state index < -0.39 is 26.5 Å². The highest BCUT2D eigenvalue weighted by Gasteiger charge is 2.21. The maximum Gasteiger partial charge on any atom is 0.306 e. The van der Waals surface area contributed by atoms with Gasteiger partial charge in [0.1, 0.15) is 19.8 Å². The van der Waals surface area contributed by atoms with Gasteiger partial charge in [0.15, 0.2) is 6.10 Å². The number of allylic oxidation sites excluding steroid dienone is 2. The molecule has 2 unspecified atom stereocenters. The molecule has 0 aliphatic carbocycles. The normalized spacial score (nSPS) is 13.7. The van der Waals surface area contributed by atoms with Crippen molar-refractivity contribution in [3.63, 3.8) is 0 Å². The minimum absolute atomic E-state index is 0.0294. The van der Waals surface area contributed by atoms with Crippen LogP contribution in [0.3, 0.4) is 0 Å². The molecule has 0 N–H and O–H groups in total. The standard InChI is InChI=1S/C44H86NO8P/c1-6-8-10-12-14-16-18-20-21-22-23-24-25-27-28-30-32-34-36-43(46)50-40-42(41-52-54(48,49)51-39-38-45(3,4)5)53-44(47)37-35-33-31-29-26-19-17-15-13-11-9-7-2/h15,17,42H,6-14,16,18-41H2,1-5H3/b17-15-. The molecule has 0 saturated heterocycles. The molecule has 0 aromatic carbocycles. The molecule has 0 spiro atoms. The van der Waals surface area contributed by atoms with Gasteiger partial charge in [-0.2, -0.15) is 0 Å². The average Bonchev–Trinajstić information content (AvgIpc) is 3.12. The van der Waals surface area contributed by atoms with Gasteiger partial charge in [0.05, 0.1) is 27.7 Å². The molecule has 0 saturated carbocycles. The van der Waals surface area contributed by atoms with E-state index in [4.69, 9.17) is 18.5 Å². The molecule has 0 bridgehead atoms. The Morgan fingerprint density at radius 2 is 0.944 bits per heavy atom. The number of unbranched alkanes of at least 4 members (excludes halogenated alkanes) is 25. The molecule has 9 nitrogen and oxygen atoms in total. The van der Waals surface area contributed by atoms with E-state index in [1.54, 1.807) is 0 Å². The number of carbonyl (C=O) groups is 2. The van der Waals surface area contributed by atoms with Gasteiger partial charge in [-0.05, 0) is 38.5 Å². The summed E-state index contributed by atoms with van der Waals surface area (Å²) in [5.74, 6) is -0.835. The highest BCUT2D eigenvalue weighted by molar-refractivity contribution is 7.45. The lowest BCUT2D eigenvalue weighted by molar-refractivity contribution is -0.870. The van der Waals surface area contributed by atoms with Crippen LogP contribution in [0.4, 0.5) is 0 Å². The first-order chi connectivity index (χ1) is 26.0. The summed E-state index contributed by atoms with van der Waals surface area (Å²) in [4.78, 5) is 37.5. The lowest BCUT2D eigenvalue weighted by Gasteiger charge is -2.28. The van der Waals surface area contributed by atoms with Gasteiger partial charge in [0.25, 0.3) is 7.82 Å². The highest BCUT2D eigenvalue weighted by atomic mass is 31.2. The number of quaternary nitrogens is 1. The molecular formula is C44H86NO8P. The van der Waals surface area contributed by atoms with E-state index in [1.165, 1.54) is 116 Å². The van der Waals surface area contributed by atoms with E-state index in [1.807, 2.05) is 21.1 Å². The first-order valence-corrected chi connectivity index (χ1v) is 23.9. The summed E-state index contributed by atoms with van der Waals surface area (Å²) in [6, 6.07) is 0. The van der Waals surface area contributed by atoms with E-state index in [0.29, 0.717) is 17.4 Å². The Morgan fingerprint density at radius 1 is 0.556 bits per heavy atom. The third-order valence-corrected chi connectivity index (χ3v) is 10.7. The monoisotopic (exact) mass is 788 g/mol. The zero-order valence-electron chi connectivity index (χ0n) is 35.9. The number of rotatable bonds is 41. The molecule has 0 amide bonds. The van der Waals surface area contributed by atoms with Crippen LogP contribution in [0, 0.1) is 0 Å². The number of hydrogen-bond donors (Lipinski definition) is 0. The molecule has 54 heavy (non-hydrogen) atoms. The van der Waals surface area contributed by atoms with Gasteiger partial charge in [-0.15, -0.1) is 0 Å². The van der Waals surface area contributed by atoms with Crippen molar-refractivity contribution in [3.05, 3.63) is 12.2 Å². The van der Waals surface area contributed by atoms with Gasteiger partial charge < -0.3 is 27.9 Å². The summed E-state index contributed by atoms with van der Waals surface area (Å²) < 4.78 is 33.9. The van der Waals surface area contributed by atoms with Crippen LogP contribution in [0.5, 0.6) is 0 Å². The van der Waals surface area contributed by atoms with Gasteiger partial charge in [-0.25, -0.2) is 0 Å². The molecule has 0 aromatic heterocycles. The number of carbonyl (C=O) groups excluding carboxylic acids is 2. The molecular weight excluding hydrogens is 701 g/mol. The quantitative estimate of drug-likeness (QED) is 0.0198. The Labute approximate surface area is 333 Å². The van der Waals surface area contributed by atoms with Crippen LogP contribution >= 0.6 is 7.82 Å². The second-order valence-corrected chi connectivity index (χ2v) is 17.8. The molecule has 0 rings (SSSR count). The number of nitrogens with zero attached hydrogens (tertiary/aromatic N) is 1. The number of hydrogen-bond acceptors (Lipinski definition) is 8. The van der Waals surface area contributed by atoms with Gasteiger partial charge in [0.2, 0.25) is 0 Å². The Morgan fingerprint density at radius 3 is 1.41 bits per heavy atom. The van der Waals surface area contributed by atoms with Crippen LogP contribution in [0.1, 0.15) is 206 Å². The van der Waals surface area contributed by atoms with Crippen molar-refractivity contribution in [2.45, 2.75) is 213 Å². The predicted molar refractivity (Wildman–Crippen MR) is 222 cm³/mol. The summed E-state index contributed by atoms with van der Waals surface area (Å²) in [5, 5.41) is 0. The largest absolute Gasteiger partial charge is 0.756 e. The minimum Gasteiger partial charge on any atom is -0.756 e. The Bertz CT molecular complexity index is 938. The second-order valence-electron chi connectivity index (χ2n) is 16.4. The fourth-order valence-corrected chi connectivity index (χ4v) is 6.97. The van der Waals surface area contributed by atoms with Crippen molar-refractivity contribution in [1.82, 2.24) is 0 Å². The molecule has 10 heteroatoms. The van der Waals surface area contributed by atoms with Crippen molar-refractivity contribution in [3.8, 4) is 0 Å². The fourth-order valence-electron chi connectivity index (χ4n) is 6.24. The van der Waals surface area contributed by atoms with E-state index >= 15 is 0 Å². The van der Waals surface area contributed by atoms with E-state index in [0.717, 1.165) is 57.8 Å². The lowest BCUT2D eigenvalue weighted by atomic mass is 10.0. The topological polar surface area (TPSA) is 111 Å². The molecule has 0 fully saturated rings. The molecule has 0 radical (unpaired) electrons. The van der Waals surface area contributed by atoms with Crippen molar-refractivity contribution in [2.24, 2.45) is 0 Å². The zero-order valence-corrected chi connectivity index (χ0v) is 36.8. The van der Waals surface area contributed by atoms with E-state index in [2.05, 4.69) is 26.0 Å². The second kappa shape index (κ2) is 37.3. The van der Waals surface area contributed by atoms with Gasteiger partial charge in [-0.3, -0.25) is 14.2 Å². The van der Waals surface area contributed by atoms with Gasteiger partial charge >= 0.3 is 11.9 Å². The lowest BCUT2D eigenvalue weighted by Crippen LogP contribution is -2.37. The van der Waals surface area contributed by atoms with Crippen molar-refractivity contribution in [1.29, 1.82) is 0 Å². The predicted octanol–water partition coefficient (Wildman–Crippen LogP) is 11.9. The smallest absolute Gasteiger partial charge is 0.306 e. The zero-order chi connectivity index (χ0) is 40.0. The third-order valence-electron chi connectivity index (χ3n) is 9.79. The van der Waals surface area contributed by atoms with Crippen molar-refractivity contribution < 1.29 is 42.1 Å². The molecule has 0 aliphatic heterocycles. The summed E-state index contributed by atoms with van der Waals surface area (Å²) in [7, 11) is 1.17. The van der Waals surface area contributed by atoms with Crippen molar-refractivity contribution >= 4 is 19.8 Å². The van der Waals surface area contributed by atoms with Crippen LogP contribution in [0.15, 0.2) is 12.2 Å². The average molecular weight is 788 g/mol. The molecule has 2 atom stereocenters. The van der Waals surface area contributed by atoms with Crippen LogP contribution in [0.2, 0.25) is 0 Å². The molecule has 0 aromatic rings. The summed E-state index contributed by atoms with van der Waals surface area (Å²) in [6.07, 6.45) is 38.1. The van der Waals surface area contributed by atoms with Crippen molar-refractivity contribution in [2.75, 3.05) is 47.5 Å². The summed E-state index contributed by atoms with van der Waals surface area (Å²) >= 11 is 0. The Hall–Kier alpha value is -1.25. The Kier molecular flexibility index (Phi) is 36.5. The summed E-state index contributed by atoms with van der Waals surface area (Å²) in [6.45, 7) is 4.21. The number of phosphoric ester groups is 1. The molecule has 0 aliphatic rings. The number of likely N-dealkylation sites (N-methyl/N-ethyl adjacent to an activating group) is 1. The highest BCUT2D eigenvalue weighted by Crippen LogP contribution is 2.38. The first-order valence-electron chi connectivity index (χ1n) is 22.4. The number of ether oxygens (including phenoxy) is 2. The molecule has 320 valence electrons. The molecule has 0 heterocycles.